The molecule has 0 radical (unpaired) electrons. The Kier molecular flexibility index (Phi) is 4.90. The molecule has 0 aromatic heterocycles. The number of alkyl halides is 3. The number of rotatable bonds is 4. The summed E-state index contributed by atoms with van der Waals surface area (Å²) in [6, 6.07) is 0.181. The van der Waals surface area contributed by atoms with Crippen molar-refractivity contribution in [2.24, 2.45) is 11.8 Å². The van der Waals surface area contributed by atoms with Gasteiger partial charge in [-0.3, -0.25) is 9.69 Å². The van der Waals surface area contributed by atoms with Gasteiger partial charge >= 0.3 is 6.18 Å². The molecule has 2 fully saturated rings. The summed E-state index contributed by atoms with van der Waals surface area (Å²) in [6.45, 7) is 3.34. The highest BCUT2D eigenvalue weighted by Crippen LogP contribution is 2.22. The molecular weight excluding hydrogens is 271 g/mol. The standard InChI is InChI=1S/C13H22F3N3O/c1-9-11(2-4-17-9)12(20)18-6-10-3-5-19(7-10)8-13(14,15)16/h9-11,17H,2-8H2,1H3,(H,18,20). The minimum Gasteiger partial charge on any atom is -0.355 e. The van der Waals surface area contributed by atoms with Gasteiger partial charge in [0.1, 0.15) is 0 Å². The summed E-state index contributed by atoms with van der Waals surface area (Å²) in [5.74, 6) is 0.144. The lowest BCUT2D eigenvalue weighted by molar-refractivity contribution is -0.143. The van der Waals surface area contributed by atoms with Gasteiger partial charge in [0.2, 0.25) is 5.91 Å². The van der Waals surface area contributed by atoms with Crippen molar-refractivity contribution in [1.29, 1.82) is 0 Å². The van der Waals surface area contributed by atoms with Crippen LogP contribution in [-0.4, -0.2) is 55.7 Å². The first kappa shape index (κ1) is 15.6. The third kappa shape index (κ3) is 4.34. The fourth-order valence-electron chi connectivity index (χ4n) is 3.07. The Labute approximate surface area is 117 Å². The van der Waals surface area contributed by atoms with Crippen LogP contribution in [0.2, 0.25) is 0 Å². The molecule has 116 valence electrons. The van der Waals surface area contributed by atoms with Gasteiger partial charge in [-0.25, -0.2) is 0 Å². The molecule has 0 saturated carbocycles. The summed E-state index contributed by atoms with van der Waals surface area (Å²) in [5.41, 5.74) is 0. The lowest BCUT2D eigenvalue weighted by Crippen LogP contribution is -2.39. The van der Waals surface area contributed by atoms with Crippen LogP contribution in [-0.2, 0) is 4.79 Å². The minimum atomic E-state index is -4.14. The smallest absolute Gasteiger partial charge is 0.355 e. The average molecular weight is 293 g/mol. The Morgan fingerprint density at radius 2 is 2.15 bits per heavy atom. The number of carbonyl (C=O) groups is 1. The van der Waals surface area contributed by atoms with Crippen molar-refractivity contribution in [3.8, 4) is 0 Å². The fourth-order valence-corrected chi connectivity index (χ4v) is 3.07. The minimum absolute atomic E-state index is 0.0114. The highest BCUT2D eigenvalue weighted by Gasteiger charge is 2.35. The second-order valence-corrected chi connectivity index (χ2v) is 5.89. The molecule has 2 N–H and O–H groups in total. The fraction of sp³-hybridized carbons (Fsp3) is 0.923. The van der Waals surface area contributed by atoms with E-state index in [0.29, 0.717) is 19.6 Å². The first-order chi connectivity index (χ1) is 9.35. The summed E-state index contributed by atoms with van der Waals surface area (Å²) in [7, 11) is 0. The lowest BCUT2D eigenvalue weighted by atomic mass is 10.0. The zero-order chi connectivity index (χ0) is 14.8. The number of nitrogens with one attached hydrogen (secondary N) is 2. The van der Waals surface area contributed by atoms with Crippen molar-refractivity contribution in [3.05, 3.63) is 0 Å². The molecule has 3 unspecified atom stereocenters. The number of hydrogen-bond acceptors (Lipinski definition) is 3. The molecule has 20 heavy (non-hydrogen) atoms. The van der Waals surface area contributed by atoms with Crippen molar-refractivity contribution in [1.82, 2.24) is 15.5 Å². The van der Waals surface area contributed by atoms with Crippen LogP contribution in [0.25, 0.3) is 0 Å². The number of halogens is 3. The van der Waals surface area contributed by atoms with Crippen molar-refractivity contribution in [3.63, 3.8) is 0 Å². The average Bonchev–Trinajstić information content (AvgIpc) is 2.93. The third-order valence-corrected chi connectivity index (χ3v) is 4.20. The summed E-state index contributed by atoms with van der Waals surface area (Å²) in [6.07, 6.45) is -2.59. The molecule has 1 amide bonds. The van der Waals surface area contributed by atoms with Crippen molar-refractivity contribution in [2.45, 2.75) is 32.0 Å². The van der Waals surface area contributed by atoms with Gasteiger partial charge in [-0.15, -0.1) is 0 Å². The molecule has 2 aliphatic rings. The molecule has 3 atom stereocenters. The maximum atomic E-state index is 12.3. The largest absolute Gasteiger partial charge is 0.401 e. The first-order valence-electron chi connectivity index (χ1n) is 7.15. The summed E-state index contributed by atoms with van der Waals surface area (Å²) >= 11 is 0. The third-order valence-electron chi connectivity index (χ3n) is 4.20. The molecule has 0 aromatic rings. The van der Waals surface area contributed by atoms with Crippen LogP contribution in [0.5, 0.6) is 0 Å². The van der Waals surface area contributed by atoms with E-state index >= 15 is 0 Å². The van der Waals surface area contributed by atoms with Gasteiger partial charge in [-0.1, -0.05) is 0 Å². The van der Waals surface area contributed by atoms with Crippen LogP contribution < -0.4 is 10.6 Å². The van der Waals surface area contributed by atoms with Gasteiger partial charge in [0.25, 0.3) is 0 Å². The van der Waals surface area contributed by atoms with Crippen LogP contribution in [0.1, 0.15) is 19.8 Å². The van der Waals surface area contributed by atoms with Gasteiger partial charge in [0.15, 0.2) is 0 Å². The molecular formula is C13H22F3N3O. The Balaban J connectivity index is 1.69. The second-order valence-electron chi connectivity index (χ2n) is 5.89. The van der Waals surface area contributed by atoms with Crippen LogP contribution in [0, 0.1) is 11.8 Å². The monoisotopic (exact) mass is 293 g/mol. The number of carbonyl (C=O) groups excluding carboxylic acids is 1. The van der Waals surface area contributed by atoms with Crippen LogP contribution in [0.4, 0.5) is 13.2 Å². The molecule has 2 rings (SSSR count). The molecule has 0 bridgehead atoms. The Morgan fingerprint density at radius 3 is 2.75 bits per heavy atom. The molecule has 0 aromatic carbocycles. The van der Waals surface area contributed by atoms with E-state index in [-0.39, 0.29) is 23.8 Å². The number of amides is 1. The molecule has 2 saturated heterocycles. The first-order valence-corrected chi connectivity index (χ1v) is 7.15. The zero-order valence-corrected chi connectivity index (χ0v) is 11.7. The topological polar surface area (TPSA) is 44.4 Å². The van der Waals surface area contributed by atoms with Gasteiger partial charge in [-0.05, 0) is 38.8 Å². The maximum absolute atomic E-state index is 12.3. The van der Waals surface area contributed by atoms with Gasteiger partial charge in [-0.2, -0.15) is 13.2 Å². The number of nitrogens with zero attached hydrogens (tertiary/aromatic N) is 1. The van der Waals surface area contributed by atoms with Gasteiger partial charge in [0, 0.05) is 19.1 Å². The predicted octanol–water partition coefficient (Wildman–Crippen LogP) is 0.985. The van der Waals surface area contributed by atoms with Crippen molar-refractivity contribution >= 4 is 5.91 Å². The second kappa shape index (κ2) is 6.30. The van der Waals surface area contributed by atoms with Crippen molar-refractivity contribution < 1.29 is 18.0 Å². The zero-order valence-electron chi connectivity index (χ0n) is 11.7. The maximum Gasteiger partial charge on any atom is 0.401 e. The highest BCUT2D eigenvalue weighted by molar-refractivity contribution is 5.79. The van der Waals surface area contributed by atoms with E-state index in [0.717, 1.165) is 19.4 Å². The van der Waals surface area contributed by atoms with E-state index in [2.05, 4.69) is 10.6 Å². The molecule has 2 heterocycles. The highest BCUT2D eigenvalue weighted by atomic mass is 19.4. The summed E-state index contributed by atoms with van der Waals surface area (Å²) < 4.78 is 36.8. The van der Waals surface area contributed by atoms with Gasteiger partial charge < -0.3 is 10.6 Å². The molecule has 0 aliphatic carbocycles. The van der Waals surface area contributed by atoms with Gasteiger partial charge in [0.05, 0.1) is 12.5 Å². The molecule has 4 nitrogen and oxygen atoms in total. The van der Waals surface area contributed by atoms with E-state index < -0.39 is 12.7 Å². The van der Waals surface area contributed by atoms with E-state index in [1.54, 1.807) is 0 Å². The summed E-state index contributed by atoms with van der Waals surface area (Å²) in [4.78, 5) is 13.4. The molecule has 7 heteroatoms. The Hall–Kier alpha value is -0.820. The van der Waals surface area contributed by atoms with E-state index in [4.69, 9.17) is 0 Å². The van der Waals surface area contributed by atoms with Crippen LogP contribution in [0.3, 0.4) is 0 Å². The van der Waals surface area contributed by atoms with E-state index in [1.807, 2.05) is 6.92 Å². The van der Waals surface area contributed by atoms with Crippen LogP contribution >= 0.6 is 0 Å². The normalized spacial score (nSPS) is 31.7. The Morgan fingerprint density at radius 1 is 1.40 bits per heavy atom. The van der Waals surface area contributed by atoms with Crippen LogP contribution in [0.15, 0.2) is 0 Å². The van der Waals surface area contributed by atoms with Crippen molar-refractivity contribution in [2.75, 3.05) is 32.7 Å². The molecule has 0 spiro atoms. The number of likely N-dealkylation sites (tertiary alicyclic amines) is 1. The van der Waals surface area contributed by atoms with E-state index in [9.17, 15) is 18.0 Å². The summed E-state index contributed by atoms with van der Waals surface area (Å²) in [5, 5.41) is 6.11. The SMILES string of the molecule is CC1NCCC1C(=O)NCC1CCN(CC(F)(F)F)C1. The Bertz CT molecular complexity index is 348. The lowest BCUT2D eigenvalue weighted by Gasteiger charge is -2.19. The molecule has 2 aliphatic heterocycles. The van der Waals surface area contributed by atoms with E-state index in [1.165, 1.54) is 4.90 Å². The predicted molar refractivity (Wildman–Crippen MR) is 69.2 cm³/mol. The number of hydrogen-bond donors (Lipinski definition) is 2. The quantitative estimate of drug-likeness (QED) is 0.812.